The van der Waals surface area contributed by atoms with Crippen LogP contribution in [0, 0.1) is 0 Å². The number of hydrogen-bond donors (Lipinski definition) is 2. The van der Waals surface area contributed by atoms with Crippen LogP contribution in [0.15, 0.2) is 59.5 Å². The molecule has 3 heterocycles. The fraction of sp³-hybridized carbons (Fsp3) is 0.182. The van der Waals surface area contributed by atoms with Crippen molar-refractivity contribution in [1.82, 2.24) is 14.7 Å². The molecule has 0 bridgehead atoms. The molecule has 0 aliphatic heterocycles. The molecule has 0 aliphatic carbocycles. The molecule has 0 fully saturated rings. The monoisotopic (exact) mass is 404 g/mol. The Morgan fingerprint density at radius 2 is 2.00 bits per heavy atom. The topological polar surface area (TPSA) is 103 Å². The number of aromatic nitrogens is 3. The molecule has 1 aromatic carbocycles. The summed E-state index contributed by atoms with van der Waals surface area (Å²) in [7, 11) is 1.60. The minimum Gasteiger partial charge on any atom is -0.497 e. The van der Waals surface area contributed by atoms with Crippen molar-refractivity contribution in [1.29, 1.82) is 0 Å². The number of anilines is 1. The molecule has 0 saturated heterocycles. The summed E-state index contributed by atoms with van der Waals surface area (Å²) >= 11 is 0. The number of carbonyl (C=O) groups excluding carboxylic acids is 1. The normalized spacial score (nSPS) is 11.0. The highest BCUT2D eigenvalue weighted by molar-refractivity contribution is 6.00. The van der Waals surface area contributed by atoms with Crippen LogP contribution in [0.1, 0.15) is 22.8 Å². The number of nitrogens with zero attached hydrogens (tertiary/aromatic N) is 3. The summed E-state index contributed by atoms with van der Waals surface area (Å²) < 4.78 is 8.29. The van der Waals surface area contributed by atoms with E-state index in [9.17, 15) is 9.59 Å². The Hall–Kier alpha value is -3.94. The Balaban J connectivity index is 1.75. The number of nitrogens with two attached hydrogens (primary N) is 1. The van der Waals surface area contributed by atoms with Gasteiger partial charge >= 0.3 is 0 Å². The van der Waals surface area contributed by atoms with Crippen LogP contribution in [0.5, 0.6) is 5.75 Å². The predicted octanol–water partition coefficient (Wildman–Crippen LogP) is 1.68. The molecule has 0 radical (unpaired) electrons. The summed E-state index contributed by atoms with van der Waals surface area (Å²) in [6.07, 6.45) is 1.65. The molecule has 3 N–H and O–H groups in total. The van der Waals surface area contributed by atoms with E-state index in [0.717, 1.165) is 11.3 Å². The number of aryl methyl sites for hydroxylation is 1. The maximum Gasteiger partial charge on any atom is 0.278 e. The minimum absolute atomic E-state index is 0.243. The minimum atomic E-state index is -0.357. The number of carbonyl (C=O) groups is 1. The van der Waals surface area contributed by atoms with Crippen molar-refractivity contribution in [3.8, 4) is 5.75 Å². The second-order valence-electron chi connectivity index (χ2n) is 6.80. The van der Waals surface area contributed by atoms with Crippen molar-refractivity contribution in [2.75, 3.05) is 12.8 Å². The molecule has 0 saturated carbocycles. The first-order valence-corrected chi connectivity index (χ1v) is 9.58. The van der Waals surface area contributed by atoms with Gasteiger partial charge in [0.2, 0.25) is 11.5 Å². The lowest BCUT2D eigenvalue weighted by molar-refractivity contribution is -0.655. The highest BCUT2D eigenvalue weighted by atomic mass is 16.5. The molecule has 0 aliphatic rings. The third-order valence-corrected chi connectivity index (χ3v) is 5.03. The average Bonchev–Trinajstić information content (AvgIpc) is 2.78. The van der Waals surface area contributed by atoms with Crippen LogP contribution in [0.4, 0.5) is 5.82 Å². The van der Waals surface area contributed by atoms with Crippen molar-refractivity contribution in [2.45, 2.75) is 20.0 Å². The second-order valence-corrected chi connectivity index (χ2v) is 6.80. The first-order chi connectivity index (χ1) is 14.5. The van der Waals surface area contributed by atoms with Crippen LogP contribution in [0.2, 0.25) is 0 Å². The zero-order valence-electron chi connectivity index (χ0n) is 16.8. The summed E-state index contributed by atoms with van der Waals surface area (Å²) in [5.41, 5.74) is 8.19. The van der Waals surface area contributed by atoms with Gasteiger partial charge < -0.3 is 15.8 Å². The van der Waals surface area contributed by atoms with Crippen LogP contribution in [0.25, 0.3) is 16.7 Å². The lowest BCUT2D eigenvalue weighted by Gasteiger charge is -2.11. The number of rotatable bonds is 5. The molecule has 3 aromatic heterocycles. The number of hydrogen-bond acceptors (Lipinski definition) is 5. The Labute approximate surface area is 172 Å². The first-order valence-electron chi connectivity index (χ1n) is 9.58. The summed E-state index contributed by atoms with van der Waals surface area (Å²) in [5, 5.41) is 3.20. The zero-order valence-corrected chi connectivity index (χ0v) is 16.8. The van der Waals surface area contributed by atoms with Gasteiger partial charge in [0.05, 0.1) is 13.7 Å². The fourth-order valence-electron chi connectivity index (χ4n) is 3.42. The highest BCUT2D eigenvalue weighted by Gasteiger charge is 2.23. The summed E-state index contributed by atoms with van der Waals surface area (Å²) in [5.74, 6) is 0.655. The maximum absolute atomic E-state index is 13.0. The van der Waals surface area contributed by atoms with Crippen molar-refractivity contribution in [2.24, 2.45) is 0 Å². The van der Waals surface area contributed by atoms with Crippen LogP contribution >= 0.6 is 0 Å². The van der Waals surface area contributed by atoms with Crippen LogP contribution in [-0.2, 0) is 13.1 Å². The number of fused-ring (bicyclic) bond motifs is 2. The van der Waals surface area contributed by atoms with E-state index < -0.39 is 0 Å². The van der Waals surface area contributed by atoms with E-state index in [2.05, 4.69) is 10.3 Å². The van der Waals surface area contributed by atoms with Crippen LogP contribution < -0.4 is 25.9 Å². The maximum atomic E-state index is 13.0. The molecular formula is C22H22N5O3+. The highest BCUT2D eigenvalue weighted by Crippen LogP contribution is 2.15. The first kappa shape index (κ1) is 19.4. The zero-order chi connectivity index (χ0) is 21.3. The standard InChI is InChI=1S/C22H21N5O3/c1-3-26-19(23)16(21(28)24-13-14-7-9-15(30-2)10-8-14)12-17-20(26)25-18-6-4-5-11-27(18)22(17)29/h4-12,23H,3,13H2,1-2H3,(H,24,28)/p+1. The Morgan fingerprint density at radius 1 is 1.23 bits per heavy atom. The smallest absolute Gasteiger partial charge is 0.278 e. The van der Waals surface area contributed by atoms with Gasteiger partial charge in [-0.25, -0.2) is 4.57 Å². The Bertz CT molecular complexity index is 1310. The number of nitrogen functional groups attached to an aromatic ring is 1. The van der Waals surface area contributed by atoms with E-state index in [-0.39, 0.29) is 22.8 Å². The molecule has 0 atom stereocenters. The number of amides is 1. The Morgan fingerprint density at radius 3 is 2.70 bits per heavy atom. The second kappa shape index (κ2) is 7.82. The summed E-state index contributed by atoms with van der Waals surface area (Å²) in [4.78, 5) is 30.5. The number of methoxy groups -OCH3 is 1. The van der Waals surface area contributed by atoms with Gasteiger partial charge in [0.1, 0.15) is 16.7 Å². The number of nitrogens with one attached hydrogen (secondary N) is 1. The molecule has 8 nitrogen and oxygen atoms in total. The largest absolute Gasteiger partial charge is 0.497 e. The van der Waals surface area contributed by atoms with E-state index in [0.29, 0.717) is 29.8 Å². The van der Waals surface area contributed by atoms with Crippen molar-refractivity contribution < 1.29 is 14.1 Å². The fourth-order valence-corrected chi connectivity index (χ4v) is 3.42. The lowest BCUT2D eigenvalue weighted by Crippen LogP contribution is -2.42. The van der Waals surface area contributed by atoms with E-state index in [4.69, 9.17) is 10.5 Å². The predicted molar refractivity (Wildman–Crippen MR) is 113 cm³/mol. The quantitative estimate of drug-likeness (QED) is 0.389. The third kappa shape index (κ3) is 3.32. The van der Waals surface area contributed by atoms with Gasteiger partial charge in [0.25, 0.3) is 17.1 Å². The van der Waals surface area contributed by atoms with Gasteiger partial charge in [-0.15, -0.1) is 0 Å². The van der Waals surface area contributed by atoms with E-state index in [1.807, 2.05) is 37.3 Å². The molecular weight excluding hydrogens is 382 g/mol. The van der Waals surface area contributed by atoms with Crippen molar-refractivity contribution in [3.63, 3.8) is 0 Å². The Kier molecular flexibility index (Phi) is 5.05. The van der Waals surface area contributed by atoms with Gasteiger partial charge in [-0.2, -0.15) is 0 Å². The van der Waals surface area contributed by atoms with Crippen LogP contribution in [-0.4, -0.2) is 22.4 Å². The van der Waals surface area contributed by atoms with Gasteiger partial charge in [0, 0.05) is 12.7 Å². The molecule has 4 rings (SSSR count). The molecule has 1 amide bonds. The number of benzene rings is 1. The molecule has 0 unspecified atom stereocenters. The molecule has 0 spiro atoms. The molecule has 30 heavy (non-hydrogen) atoms. The summed E-state index contributed by atoms with van der Waals surface area (Å²) in [6, 6.07) is 14.3. The van der Waals surface area contributed by atoms with E-state index >= 15 is 0 Å². The molecule has 8 heteroatoms. The van der Waals surface area contributed by atoms with Crippen LogP contribution in [0.3, 0.4) is 0 Å². The number of ether oxygens (including phenoxy) is 1. The van der Waals surface area contributed by atoms with E-state index in [1.165, 1.54) is 10.5 Å². The van der Waals surface area contributed by atoms with Gasteiger partial charge in [-0.05, 0) is 42.8 Å². The van der Waals surface area contributed by atoms with Crippen molar-refractivity contribution >= 4 is 28.4 Å². The lowest BCUT2D eigenvalue weighted by atomic mass is 10.1. The SMILES string of the molecule is CC[n+]1c(N)c(C(=O)NCc2ccc(OC)cc2)cc2c(=O)n3ccccc3nc21. The molecule has 152 valence electrons. The number of pyridine rings is 2. The average molecular weight is 404 g/mol. The third-order valence-electron chi connectivity index (χ3n) is 5.03. The van der Waals surface area contributed by atoms with E-state index in [1.54, 1.807) is 30.0 Å². The van der Waals surface area contributed by atoms with Gasteiger partial charge in [-0.1, -0.05) is 23.2 Å². The van der Waals surface area contributed by atoms with Gasteiger partial charge in [0.15, 0.2) is 0 Å². The van der Waals surface area contributed by atoms with Crippen molar-refractivity contribution in [3.05, 3.63) is 76.2 Å². The van der Waals surface area contributed by atoms with Gasteiger partial charge in [-0.3, -0.25) is 14.0 Å². The summed E-state index contributed by atoms with van der Waals surface area (Å²) in [6.45, 7) is 2.68. The molecule has 4 aromatic rings.